The number of benzene rings is 7. The normalized spacial score (nSPS) is 17.9. The smallest absolute Gasteiger partial charge is 0.155 e. The van der Waals surface area contributed by atoms with Crippen LogP contribution in [0.5, 0.6) is 0 Å². The van der Waals surface area contributed by atoms with Crippen LogP contribution in [0, 0.1) is 5.92 Å². The quantitative estimate of drug-likeness (QED) is 0.162. The molecule has 0 saturated carbocycles. The van der Waals surface area contributed by atoms with E-state index in [-0.39, 0.29) is 18.0 Å². The number of hydrogen-bond donors (Lipinski definition) is 0. The van der Waals surface area contributed by atoms with Crippen molar-refractivity contribution in [3.8, 4) is 11.1 Å². The molecule has 0 N–H and O–H groups in total. The lowest BCUT2D eigenvalue weighted by Gasteiger charge is -2.36. The molecule has 11 rings (SSSR count). The molecule has 56 heavy (non-hydrogen) atoms. The van der Waals surface area contributed by atoms with Gasteiger partial charge < -0.3 is 5.32 Å². The minimum absolute atomic E-state index is 0.00581. The molecule has 0 amide bonds. The molecule has 7 aromatic carbocycles. The Morgan fingerprint density at radius 2 is 1.16 bits per heavy atom. The summed E-state index contributed by atoms with van der Waals surface area (Å²) in [6.07, 6.45) is 5.44. The molecular weight excluding hydrogens is 719 g/mol. The third-order valence-corrected chi connectivity index (χ3v) is 13.7. The van der Waals surface area contributed by atoms with E-state index < -0.39 is 0 Å². The van der Waals surface area contributed by atoms with Crippen molar-refractivity contribution in [3.05, 3.63) is 197 Å². The van der Waals surface area contributed by atoms with Gasteiger partial charge in [-0.1, -0.05) is 158 Å². The van der Waals surface area contributed by atoms with Gasteiger partial charge in [-0.05, 0) is 64.6 Å². The lowest BCUT2D eigenvalue weighted by Crippen LogP contribution is -2.28. The van der Waals surface area contributed by atoms with Crippen molar-refractivity contribution in [2.45, 2.75) is 25.4 Å². The second kappa shape index (κ2) is 13.6. The van der Waals surface area contributed by atoms with Crippen LogP contribution < -0.4 is 0 Å². The fourth-order valence-electron chi connectivity index (χ4n) is 8.58. The summed E-state index contributed by atoms with van der Waals surface area (Å²) >= 11 is 3.72. The Balaban J connectivity index is 0.902. The molecule has 2 aliphatic rings. The summed E-state index contributed by atoms with van der Waals surface area (Å²) in [4.78, 5) is 10.6. The minimum atomic E-state index is 0.00581. The van der Waals surface area contributed by atoms with Crippen LogP contribution in [0.25, 0.3) is 62.9 Å². The van der Waals surface area contributed by atoms with Crippen molar-refractivity contribution in [3.63, 3.8) is 0 Å². The molecule has 0 bridgehead atoms. The first-order chi connectivity index (χ1) is 27.7. The summed E-state index contributed by atoms with van der Waals surface area (Å²) in [6.45, 7) is 2.26. The summed E-state index contributed by atoms with van der Waals surface area (Å²) in [5.74, 6) is 0.978. The van der Waals surface area contributed by atoms with E-state index >= 15 is 0 Å². The molecule has 4 heterocycles. The van der Waals surface area contributed by atoms with Crippen LogP contribution in [-0.4, -0.2) is 11.5 Å². The predicted octanol–water partition coefficient (Wildman–Crippen LogP) is 14.9. The Morgan fingerprint density at radius 3 is 1.96 bits per heavy atom. The SMILES string of the molecule is CCC1C(c2ccc3c(c2)sc2cc(-c4ccc5c(c4)C=CC(c4ccc6c(c4)sc4ccccc46)[N-]5)ccc23)=NC(c2ccccc2)=NC1c1ccccc1. The number of amidine groups is 1. The van der Waals surface area contributed by atoms with E-state index in [4.69, 9.17) is 15.3 Å². The van der Waals surface area contributed by atoms with E-state index in [2.05, 4.69) is 171 Å². The first-order valence-electron chi connectivity index (χ1n) is 19.3. The average Bonchev–Trinajstić information content (AvgIpc) is 3.83. The highest BCUT2D eigenvalue weighted by Gasteiger charge is 2.32. The second-order valence-corrected chi connectivity index (χ2v) is 16.9. The van der Waals surface area contributed by atoms with Crippen LogP contribution in [0.2, 0.25) is 0 Å². The van der Waals surface area contributed by atoms with Crippen molar-refractivity contribution in [2.24, 2.45) is 15.9 Å². The van der Waals surface area contributed by atoms with E-state index in [1.165, 1.54) is 68.2 Å². The van der Waals surface area contributed by atoms with Crippen LogP contribution in [0.3, 0.4) is 0 Å². The summed E-state index contributed by atoms with van der Waals surface area (Å²) in [5.41, 5.74) is 10.4. The zero-order chi connectivity index (χ0) is 37.2. The van der Waals surface area contributed by atoms with E-state index in [0.717, 1.165) is 34.8 Å². The Kier molecular flexibility index (Phi) is 8.04. The summed E-state index contributed by atoms with van der Waals surface area (Å²) in [6, 6.07) is 57.1. The molecule has 9 aromatic rings. The van der Waals surface area contributed by atoms with Gasteiger partial charge in [-0.25, -0.2) is 4.99 Å². The van der Waals surface area contributed by atoms with Crippen molar-refractivity contribution in [1.29, 1.82) is 0 Å². The maximum atomic E-state index is 5.30. The Bertz CT molecular complexity index is 3060. The van der Waals surface area contributed by atoms with Gasteiger partial charge in [-0.15, -0.1) is 28.4 Å². The second-order valence-electron chi connectivity index (χ2n) is 14.8. The van der Waals surface area contributed by atoms with E-state index in [1.54, 1.807) is 0 Å². The van der Waals surface area contributed by atoms with Gasteiger partial charge in [0.05, 0.1) is 11.8 Å². The molecule has 268 valence electrons. The molecule has 5 heteroatoms. The van der Waals surface area contributed by atoms with Gasteiger partial charge in [0.15, 0.2) is 5.84 Å². The van der Waals surface area contributed by atoms with Crippen molar-refractivity contribution >= 4 is 86.3 Å². The number of aliphatic imine (C=N–C) groups is 2. The zero-order valence-corrected chi connectivity index (χ0v) is 32.4. The van der Waals surface area contributed by atoms with Gasteiger partial charge in [0.2, 0.25) is 0 Å². The number of rotatable bonds is 6. The van der Waals surface area contributed by atoms with Crippen molar-refractivity contribution < 1.29 is 0 Å². The molecule has 0 saturated heterocycles. The van der Waals surface area contributed by atoms with Crippen LogP contribution in [0.15, 0.2) is 174 Å². The lowest BCUT2D eigenvalue weighted by atomic mass is 9.83. The van der Waals surface area contributed by atoms with E-state index in [9.17, 15) is 0 Å². The molecule has 3 atom stereocenters. The fourth-order valence-corrected chi connectivity index (χ4v) is 10.9. The zero-order valence-electron chi connectivity index (χ0n) is 30.8. The first kappa shape index (κ1) is 33.2. The molecule has 3 unspecified atom stereocenters. The van der Waals surface area contributed by atoms with Gasteiger partial charge in [0.25, 0.3) is 0 Å². The van der Waals surface area contributed by atoms with Gasteiger partial charge in [0, 0.05) is 51.8 Å². The predicted molar refractivity (Wildman–Crippen MR) is 241 cm³/mol. The lowest BCUT2D eigenvalue weighted by molar-refractivity contribution is 0.532. The molecule has 3 nitrogen and oxygen atoms in total. The van der Waals surface area contributed by atoms with Gasteiger partial charge in [-0.3, -0.25) is 4.99 Å². The fraction of sp³-hybridized carbons (Fsp3) is 0.0980. The van der Waals surface area contributed by atoms with Crippen LogP contribution >= 0.6 is 22.7 Å². The Morgan fingerprint density at radius 1 is 0.536 bits per heavy atom. The third kappa shape index (κ3) is 5.69. The molecule has 0 spiro atoms. The minimum Gasteiger partial charge on any atom is -0.674 e. The van der Waals surface area contributed by atoms with Crippen molar-refractivity contribution in [1.82, 2.24) is 0 Å². The van der Waals surface area contributed by atoms with E-state index in [0.29, 0.717) is 0 Å². The van der Waals surface area contributed by atoms with Gasteiger partial charge in [0.1, 0.15) is 0 Å². The molecule has 0 fully saturated rings. The van der Waals surface area contributed by atoms with Crippen LogP contribution in [0.4, 0.5) is 5.69 Å². The van der Waals surface area contributed by atoms with Gasteiger partial charge in [-0.2, -0.15) is 0 Å². The van der Waals surface area contributed by atoms with Gasteiger partial charge >= 0.3 is 0 Å². The summed E-state index contributed by atoms with van der Waals surface area (Å²) in [7, 11) is 0. The monoisotopic (exact) mass is 754 g/mol. The topological polar surface area (TPSA) is 38.8 Å². The average molecular weight is 755 g/mol. The van der Waals surface area contributed by atoms with Crippen molar-refractivity contribution in [2.75, 3.05) is 0 Å². The van der Waals surface area contributed by atoms with E-state index in [1.807, 2.05) is 28.7 Å². The number of hydrogen-bond acceptors (Lipinski definition) is 4. The Hall–Kier alpha value is -6.14. The van der Waals surface area contributed by atoms with Crippen LogP contribution in [-0.2, 0) is 0 Å². The molecule has 2 aromatic heterocycles. The number of nitrogens with zero attached hydrogens (tertiary/aromatic N) is 3. The molecule has 2 aliphatic heterocycles. The largest absolute Gasteiger partial charge is 0.674 e. The molecule has 0 aliphatic carbocycles. The highest BCUT2D eigenvalue weighted by molar-refractivity contribution is 7.26. The van der Waals surface area contributed by atoms with Crippen LogP contribution in [0.1, 0.15) is 53.2 Å². The number of thiophene rings is 2. The summed E-state index contributed by atoms with van der Waals surface area (Å²) in [5, 5.41) is 10.4. The standard InChI is InChI=1S/C51H36N3S2/c1-2-38-49(31-11-5-3-6-12-31)53-51(32-13-7-4-8-14-32)54-50(38)37-19-24-42-41-22-17-34(28-46(41)56-48(42)30-37)33-20-25-43-35(27-33)21-26-44(52-43)36-18-23-40-39-15-9-10-16-45(39)55-47(40)29-36/h3-30,38,44,49H,2H2,1H3/q-1. The summed E-state index contributed by atoms with van der Waals surface area (Å²) < 4.78 is 5.21. The third-order valence-electron chi connectivity index (χ3n) is 11.4. The number of fused-ring (bicyclic) bond motifs is 7. The maximum absolute atomic E-state index is 5.30. The highest BCUT2D eigenvalue weighted by atomic mass is 32.1. The highest BCUT2D eigenvalue weighted by Crippen LogP contribution is 2.45. The first-order valence-corrected chi connectivity index (χ1v) is 21.0. The molecule has 0 radical (unpaired) electrons. The Labute approximate surface area is 334 Å². The molecular formula is C51H36N3S2-. The maximum Gasteiger partial charge on any atom is 0.155 e.